The quantitative estimate of drug-likeness (QED) is 0.648. The summed E-state index contributed by atoms with van der Waals surface area (Å²) in [6.07, 6.45) is 2.37. The van der Waals surface area contributed by atoms with Crippen LogP contribution in [0.2, 0.25) is 0 Å². The van der Waals surface area contributed by atoms with Gasteiger partial charge in [0.2, 0.25) is 0 Å². The van der Waals surface area contributed by atoms with Gasteiger partial charge >= 0.3 is 0 Å². The summed E-state index contributed by atoms with van der Waals surface area (Å²) < 4.78 is 0. The van der Waals surface area contributed by atoms with E-state index in [2.05, 4.69) is 10.6 Å². The van der Waals surface area contributed by atoms with E-state index in [9.17, 15) is 4.79 Å². The van der Waals surface area contributed by atoms with Gasteiger partial charge in [-0.15, -0.1) is 0 Å². The number of hydrogen-bond acceptors (Lipinski definition) is 3. The molecule has 1 aliphatic rings. The lowest BCUT2D eigenvalue weighted by molar-refractivity contribution is -0.109. The first-order valence-corrected chi connectivity index (χ1v) is 4.13. The van der Waals surface area contributed by atoms with Crippen LogP contribution in [0.1, 0.15) is 5.56 Å². The van der Waals surface area contributed by atoms with E-state index in [0.717, 1.165) is 17.5 Å². The van der Waals surface area contributed by atoms with Gasteiger partial charge < -0.3 is 10.6 Å². The maximum absolute atomic E-state index is 10.4. The molecule has 0 saturated heterocycles. The summed E-state index contributed by atoms with van der Waals surface area (Å²) in [6, 6.07) is 9.88. The topological polar surface area (TPSA) is 41.1 Å². The lowest BCUT2D eigenvalue weighted by atomic mass is 10.2. The van der Waals surface area contributed by atoms with Crippen LogP contribution in [-0.4, -0.2) is 12.5 Å². The van der Waals surface area contributed by atoms with Crippen molar-refractivity contribution in [3.8, 4) is 0 Å². The predicted octanol–water partition coefficient (Wildman–Crippen LogP) is 0.703. The van der Waals surface area contributed by atoms with Crippen LogP contribution in [0.5, 0.6) is 0 Å². The average Bonchev–Trinajstić information content (AvgIpc) is 2.67. The minimum atomic E-state index is -0.282. The second-order valence-corrected chi connectivity index (χ2v) is 2.85. The zero-order chi connectivity index (χ0) is 9.10. The minimum absolute atomic E-state index is 0.282. The standard InChI is InChI=1S/C10H10N2O/c13-7-10-11-6-9(12-10)8-4-2-1-3-5-8/h1-7,10-12H. The minimum Gasteiger partial charge on any atom is -0.364 e. The maximum atomic E-state index is 10.4. The molecule has 0 radical (unpaired) electrons. The van der Waals surface area contributed by atoms with Crippen LogP contribution in [-0.2, 0) is 4.79 Å². The summed E-state index contributed by atoms with van der Waals surface area (Å²) in [6.45, 7) is 0. The van der Waals surface area contributed by atoms with Crippen LogP contribution >= 0.6 is 0 Å². The summed E-state index contributed by atoms with van der Waals surface area (Å²) in [7, 11) is 0. The number of carbonyl (C=O) groups is 1. The van der Waals surface area contributed by atoms with Crippen molar-refractivity contribution in [1.29, 1.82) is 0 Å². The Hall–Kier alpha value is -1.77. The molecule has 0 saturated carbocycles. The van der Waals surface area contributed by atoms with Gasteiger partial charge in [-0.1, -0.05) is 30.3 Å². The van der Waals surface area contributed by atoms with Crippen molar-refractivity contribution in [2.24, 2.45) is 0 Å². The fourth-order valence-electron chi connectivity index (χ4n) is 1.28. The molecule has 1 aliphatic heterocycles. The number of hydrogen-bond donors (Lipinski definition) is 2. The number of rotatable bonds is 2. The van der Waals surface area contributed by atoms with Gasteiger partial charge in [0.15, 0.2) is 12.5 Å². The molecule has 1 unspecified atom stereocenters. The molecular formula is C10H10N2O. The third-order valence-electron chi connectivity index (χ3n) is 1.94. The van der Waals surface area contributed by atoms with E-state index in [1.165, 1.54) is 0 Å². The molecule has 0 amide bonds. The first-order chi connectivity index (χ1) is 6.40. The molecular weight excluding hydrogens is 164 g/mol. The lowest BCUT2D eigenvalue weighted by Gasteiger charge is -2.06. The maximum Gasteiger partial charge on any atom is 0.162 e. The summed E-state index contributed by atoms with van der Waals surface area (Å²) in [5, 5.41) is 5.95. The molecule has 3 heteroatoms. The second kappa shape index (κ2) is 3.31. The Labute approximate surface area is 76.5 Å². The van der Waals surface area contributed by atoms with Crippen LogP contribution in [0, 0.1) is 0 Å². The smallest absolute Gasteiger partial charge is 0.162 e. The van der Waals surface area contributed by atoms with Gasteiger partial charge in [0.25, 0.3) is 0 Å². The number of aldehydes is 1. The van der Waals surface area contributed by atoms with E-state index in [-0.39, 0.29) is 6.17 Å². The van der Waals surface area contributed by atoms with Gasteiger partial charge in [-0.05, 0) is 5.56 Å². The monoisotopic (exact) mass is 174 g/mol. The fraction of sp³-hybridized carbons (Fsp3) is 0.100. The van der Waals surface area contributed by atoms with Crippen LogP contribution in [0.25, 0.3) is 5.70 Å². The van der Waals surface area contributed by atoms with E-state index in [0.29, 0.717) is 0 Å². The first-order valence-electron chi connectivity index (χ1n) is 4.13. The Morgan fingerprint density at radius 1 is 1.23 bits per heavy atom. The highest BCUT2D eigenvalue weighted by Crippen LogP contribution is 2.12. The Balaban J connectivity index is 2.17. The van der Waals surface area contributed by atoms with Crippen LogP contribution < -0.4 is 10.6 Å². The van der Waals surface area contributed by atoms with Gasteiger partial charge in [-0.25, -0.2) is 0 Å². The zero-order valence-electron chi connectivity index (χ0n) is 7.03. The molecule has 66 valence electrons. The Morgan fingerprint density at radius 2 is 2.00 bits per heavy atom. The summed E-state index contributed by atoms with van der Waals surface area (Å²) in [5.41, 5.74) is 2.04. The molecule has 13 heavy (non-hydrogen) atoms. The van der Waals surface area contributed by atoms with Crippen LogP contribution in [0.4, 0.5) is 0 Å². The third kappa shape index (κ3) is 1.54. The van der Waals surface area contributed by atoms with E-state index in [4.69, 9.17) is 0 Å². The molecule has 1 heterocycles. The highest BCUT2D eigenvalue weighted by Gasteiger charge is 2.13. The first kappa shape index (κ1) is 7.86. The van der Waals surface area contributed by atoms with Crippen molar-refractivity contribution in [2.45, 2.75) is 6.17 Å². The Bertz CT molecular complexity index is 332. The Morgan fingerprint density at radius 3 is 2.62 bits per heavy atom. The molecule has 0 aromatic heterocycles. The van der Waals surface area contributed by atoms with E-state index in [1.807, 2.05) is 36.5 Å². The van der Waals surface area contributed by atoms with Gasteiger partial charge in [0, 0.05) is 6.20 Å². The number of benzene rings is 1. The zero-order valence-corrected chi connectivity index (χ0v) is 7.03. The average molecular weight is 174 g/mol. The van der Waals surface area contributed by atoms with Crippen molar-refractivity contribution in [1.82, 2.24) is 10.6 Å². The van der Waals surface area contributed by atoms with Gasteiger partial charge in [-0.2, -0.15) is 0 Å². The predicted molar refractivity (Wildman–Crippen MR) is 50.5 cm³/mol. The number of nitrogens with one attached hydrogen (secondary N) is 2. The van der Waals surface area contributed by atoms with Crippen molar-refractivity contribution in [3.63, 3.8) is 0 Å². The van der Waals surface area contributed by atoms with Gasteiger partial charge in [0.05, 0.1) is 5.70 Å². The van der Waals surface area contributed by atoms with Crippen LogP contribution in [0.3, 0.4) is 0 Å². The fourth-order valence-corrected chi connectivity index (χ4v) is 1.28. The molecule has 0 bridgehead atoms. The Kier molecular flexibility index (Phi) is 2.00. The molecule has 0 spiro atoms. The van der Waals surface area contributed by atoms with Gasteiger partial charge in [0.1, 0.15) is 0 Å². The second-order valence-electron chi connectivity index (χ2n) is 2.85. The summed E-state index contributed by atoms with van der Waals surface area (Å²) >= 11 is 0. The van der Waals surface area contributed by atoms with Crippen molar-refractivity contribution in [2.75, 3.05) is 0 Å². The van der Waals surface area contributed by atoms with Crippen LogP contribution in [0.15, 0.2) is 36.5 Å². The van der Waals surface area contributed by atoms with Crippen molar-refractivity contribution >= 4 is 12.0 Å². The molecule has 1 atom stereocenters. The molecule has 0 aliphatic carbocycles. The molecule has 2 N–H and O–H groups in total. The van der Waals surface area contributed by atoms with Crippen molar-refractivity contribution in [3.05, 3.63) is 42.1 Å². The van der Waals surface area contributed by atoms with Gasteiger partial charge in [-0.3, -0.25) is 4.79 Å². The van der Waals surface area contributed by atoms with Crippen molar-refractivity contribution < 1.29 is 4.79 Å². The molecule has 3 nitrogen and oxygen atoms in total. The number of carbonyl (C=O) groups excluding carboxylic acids is 1. The molecule has 1 aromatic rings. The highest BCUT2D eigenvalue weighted by atomic mass is 16.1. The van der Waals surface area contributed by atoms with E-state index in [1.54, 1.807) is 0 Å². The normalized spacial score (nSPS) is 20.0. The third-order valence-corrected chi connectivity index (χ3v) is 1.94. The largest absolute Gasteiger partial charge is 0.364 e. The molecule has 1 aromatic carbocycles. The SMILES string of the molecule is O=CC1NC=C(c2ccccc2)N1. The molecule has 2 rings (SSSR count). The summed E-state index contributed by atoms with van der Waals surface area (Å²) in [4.78, 5) is 10.4. The highest BCUT2D eigenvalue weighted by molar-refractivity contribution is 5.71. The lowest BCUT2D eigenvalue weighted by Crippen LogP contribution is -2.32. The van der Waals surface area contributed by atoms with E-state index >= 15 is 0 Å². The summed E-state index contributed by atoms with van der Waals surface area (Å²) in [5.74, 6) is 0. The molecule has 0 fully saturated rings. The van der Waals surface area contributed by atoms with E-state index < -0.39 is 0 Å².